The van der Waals surface area contributed by atoms with Crippen LogP contribution in [-0.2, 0) is 16.6 Å². The summed E-state index contributed by atoms with van der Waals surface area (Å²) in [6.07, 6.45) is 3.14. The molecule has 0 bridgehead atoms. The van der Waals surface area contributed by atoms with E-state index in [9.17, 15) is 9.59 Å². The molecule has 8 heteroatoms. The van der Waals surface area contributed by atoms with Gasteiger partial charge in [-0.2, -0.15) is 5.10 Å². The van der Waals surface area contributed by atoms with Gasteiger partial charge in [-0.05, 0) is 44.0 Å². The Morgan fingerprint density at radius 3 is 2.55 bits per heavy atom. The second kappa shape index (κ2) is 9.09. The van der Waals surface area contributed by atoms with Crippen LogP contribution in [0.15, 0.2) is 48.7 Å². The lowest BCUT2D eigenvalue weighted by atomic mass is 9.99. The zero-order valence-electron chi connectivity index (χ0n) is 17.6. The van der Waals surface area contributed by atoms with Crippen molar-refractivity contribution in [1.29, 1.82) is 0 Å². The molecule has 0 aliphatic carbocycles. The quantitative estimate of drug-likeness (QED) is 0.660. The van der Waals surface area contributed by atoms with E-state index in [1.54, 1.807) is 37.0 Å². The molecular weight excluding hydrogens is 394 g/mol. The third-order valence-electron chi connectivity index (χ3n) is 5.41. The Morgan fingerprint density at radius 1 is 1.10 bits per heavy atom. The highest BCUT2D eigenvalue weighted by molar-refractivity contribution is 6.05. The maximum Gasteiger partial charge on any atom is 0.257 e. The number of hydrogen-bond donors (Lipinski definition) is 2. The van der Waals surface area contributed by atoms with Gasteiger partial charge in [-0.25, -0.2) is 0 Å². The molecule has 1 saturated heterocycles. The number of nitrogens with zero attached hydrogens (tertiary/aromatic N) is 3. The van der Waals surface area contributed by atoms with Crippen molar-refractivity contribution in [3.8, 4) is 11.3 Å². The van der Waals surface area contributed by atoms with E-state index in [4.69, 9.17) is 4.74 Å². The van der Waals surface area contributed by atoms with Crippen LogP contribution in [0.3, 0.4) is 0 Å². The first-order valence-electron chi connectivity index (χ1n) is 10.3. The monoisotopic (exact) mass is 419 g/mol. The first kappa shape index (κ1) is 20.7. The molecule has 8 nitrogen and oxygen atoms in total. The fourth-order valence-electron chi connectivity index (χ4n) is 3.56. The van der Waals surface area contributed by atoms with Crippen LogP contribution < -0.4 is 10.6 Å². The van der Waals surface area contributed by atoms with E-state index in [0.29, 0.717) is 36.0 Å². The van der Waals surface area contributed by atoms with Crippen LogP contribution >= 0.6 is 0 Å². The highest BCUT2D eigenvalue weighted by Gasteiger charge is 2.22. The average Bonchev–Trinajstić information content (AvgIpc) is 3.15. The fourth-order valence-corrected chi connectivity index (χ4v) is 3.56. The Kier molecular flexibility index (Phi) is 6.08. The van der Waals surface area contributed by atoms with Gasteiger partial charge in [-0.15, -0.1) is 0 Å². The van der Waals surface area contributed by atoms with Gasteiger partial charge in [-0.3, -0.25) is 19.3 Å². The smallest absolute Gasteiger partial charge is 0.257 e. The van der Waals surface area contributed by atoms with Crippen molar-refractivity contribution in [3.63, 3.8) is 0 Å². The lowest BCUT2D eigenvalue weighted by Crippen LogP contribution is -2.29. The molecule has 4 rings (SSSR count). The summed E-state index contributed by atoms with van der Waals surface area (Å²) in [4.78, 5) is 29.1. The minimum absolute atomic E-state index is 0.00149. The fraction of sp³-hybridized carbons (Fsp3) is 0.304. The van der Waals surface area contributed by atoms with Crippen LogP contribution in [0.25, 0.3) is 11.3 Å². The Bertz CT molecular complexity index is 1080. The summed E-state index contributed by atoms with van der Waals surface area (Å²) < 4.78 is 6.98. The molecule has 3 heterocycles. The van der Waals surface area contributed by atoms with E-state index in [1.165, 1.54) is 0 Å². The van der Waals surface area contributed by atoms with Gasteiger partial charge >= 0.3 is 0 Å². The standard InChI is InChI=1S/C23H25N5O3/c1-15-19(4-3-11-24-15)23(30)25-18-7-5-16(6-8-18)20-14-21(28(2)27-20)26-22(29)17-9-12-31-13-10-17/h3-8,11,14,17H,9-10,12-13H2,1-2H3,(H,25,30)(H,26,29). The number of hydrogen-bond acceptors (Lipinski definition) is 5. The van der Waals surface area contributed by atoms with Crippen LogP contribution in [0.4, 0.5) is 11.5 Å². The molecule has 2 N–H and O–H groups in total. The maximum atomic E-state index is 12.5. The zero-order valence-corrected chi connectivity index (χ0v) is 17.6. The summed E-state index contributed by atoms with van der Waals surface area (Å²) in [6.45, 7) is 3.05. The molecular formula is C23H25N5O3. The molecule has 31 heavy (non-hydrogen) atoms. The highest BCUT2D eigenvalue weighted by atomic mass is 16.5. The van der Waals surface area contributed by atoms with E-state index in [-0.39, 0.29) is 17.7 Å². The lowest BCUT2D eigenvalue weighted by Gasteiger charge is -2.21. The van der Waals surface area contributed by atoms with Crippen molar-refractivity contribution in [3.05, 3.63) is 59.9 Å². The van der Waals surface area contributed by atoms with Gasteiger partial charge in [0.25, 0.3) is 5.91 Å². The van der Waals surface area contributed by atoms with Crippen molar-refractivity contribution in [2.24, 2.45) is 13.0 Å². The molecule has 0 saturated carbocycles. The average molecular weight is 419 g/mol. The second-order valence-electron chi connectivity index (χ2n) is 7.58. The lowest BCUT2D eigenvalue weighted by molar-refractivity contribution is -0.122. The van der Waals surface area contributed by atoms with Gasteiger partial charge in [0.15, 0.2) is 0 Å². The van der Waals surface area contributed by atoms with Crippen LogP contribution in [0.1, 0.15) is 28.9 Å². The van der Waals surface area contributed by atoms with Crippen LogP contribution in [-0.4, -0.2) is 39.8 Å². The third-order valence-corrected chi connectivity index (χ3v) is 5.41. The maximum absolute atomic E-state index is 12.5. The summed E-state index contributed by atoms with van der Waals surface area (Å²) in [5.74, 6) is 0.422. The summed E-state index contributed by atoms with van der Waals surface area (Å²) in [5.41, 5.74) is 3.53. The number of benzene rings is 1. The van der Waals surface area contributed by atoms with Crippen LogP contribution in [0, 0.1) is 12.8 Å². The first-order chi connectivity index (χ1) is 15.0. The molecule has 3 aromatic rings. The SMILES string of the molecule is Cc1ncccc1C(=O)Nc1ccc(-c2cc(NC(=O)C3CCOCC3)n(C)n2)cc1. The Hall–Kier alpha value is -3.52. The Balaban J connectivity index is 1.43. The normalized spacial score (nSPS) is 14.3. The number of ether oxygens (including phenoxy) is 1. The number of amides is 2. The largest absolute Gasteiger partial charge is 0.381 e. The zero-order chi connectivity index (χ0) is 21.8. The Labute approximate surface area is 180 Å². The molecule has 0 radical (unpaired) electrons. The van der Waals surface area contributed by atoms with Crippen molar-refractivity contribution >= 4 is 23.3 Å². The van der Waals surface area contributed by atoms with Crippen molar-refractivity contribution < 1.29 is 14.3 Å². The molecule has 1 aliphatic heterocycles. The molecule has 1 fully saturated rings. The predicted molar refractivity (Wildman–Crippen MR) is 118 cm³/mol. The second-order valence-corrected chi connectivity index (χ2v) is 7.58. The molecule has 0 spiro atoms. The minimum atomic E-state index is -0.200. The summed E-state index contributed by atoms with van der Waals surface area (Å²) in [6, 6.07) is 12.8. The molecule has 2 amide bonds. The van der Waals surface area contributed by atoms with E-state index in [2.05, 4.69) is 20.7 Å². The predicted octanol–water partition coefficient (Wildman–Crippen LogP) is 3.41. The van der Waals surface area contributed by atoms with E-state index >= 15 is 0 Å². The number of carbonyl (C=O) groups excluding carboxylic acids is 2. The summed E-state index contributed by atoms with van der Waals surface area (Å²) in [7, 11) is 1.80. The van der Waals surface area contributed by atoms with Crippen LogP contribution in [0.5, 0.6) is 0 Å². The third kappa shape index (κ3) is 4.80. The number of anilines is 2. The summed E-state index contributed by atoms with van der Waals surface area (Å²) in [5, 5.41) is 10.4. The van der Waals surface area contributed by atoms with Gasteiger partial charge in [0.05, 0.1) is 11.3 Å². The van der Waals surface area contributed by atoms with Gasteiger partial charge in [0, 0.05) is 55.4 Å². The molecule has 2 aromatic heterocycles. The van der Waals surface area contributed by atoms with E-state index in [0.717, 1.165) is 24.1 Å². The number of carbonyl (C=O) groups is 2. The minimum Gasteiger partial charge on any atom is -0.381 e. The number of pyridine rings is 1. The van der Waals surface area contributed by atoms with Gasteiger partial charge < -0.3 is 15.4 Å². The number of nitrogens with one attached hydrogen (secondary N) is 2. The topological polar surface area (TPSA) is 98.1 Å². The number of rotatable bonds is 5. The highest BCUT2D eigenvalue weighted by Crippen LogP contribution is 2.24. The summed E-state index contributed by atoms with van der Waals surface area (Å²) >= 11 is 0. The van der Waals surface area contributed by atoms with Gasteiger partial charge in [-0.1, -0.05) is 12.1 Å². The van der Waals surface area contributed by atoms with Gasteiger partial charge in [0.1, 0.15) is 5.82 Å². The number of aromatic nitrogens is 3. The van der Waals surface area contributed by atoms with Crippen molar-refractivity contribution in [2.45, 2.75) is 19.8 Å². The molecule has 1 aliphatic rings. The molecule has 1 aromatic carbocycles. The molecule has 160 valence electrons. The Morgan fingerprint density at radius 2 is 1.84 bits per heavy atom. The van der Waals surface area contributed by atoms with E-state index in [1.807, 2.05) is 30.3 Å². The van der Waals surface area contributed by atoms with Crippen LogP contribution in [0.2, 0.25) is 0 Å². The number of aryl methyl sites for hydroxylation is 2. The van der Waals surface area contributed by atoms with Crippen molar-refractivity contribution in [1.82, 2.24) is 14.8 Å². The van der Waals surface area contributed by atoms with Crippen molar-refractivity contribution in [2.75, 3.05) is 23.8 Å². The van der Waals surface area contributed by atoms with Gasteiger partial charge in [0.2, 0.25) is 5.91 Å². The first-order valence-corrected chi connectivity index (χ1v) is 10.3. The molecule has 0 unspecified atom stereocenters. The van der Waals surface area contributed by atoms with E-state index < -0.39 is 0 Å². The molecule has 0 atom stereocenters.